The van der Waals surface area contributed by atoms with E-state index in [2.05, 4.69) is 0 Å². The number of nitriles is 1. The van der Waals surface area contributed by atoms with Crippen LogP contribution < -0.4 is 4.74 Å². The zero-order chi connectivity index (χ0) is 13.1. The first kappa shape index (κ1) is 13.8. The highest BCUT2D eigenvalue weighted by Crippen LogP contribution is 2.28. The van der Waals surface area contributed by atoms with Crippen LogP contribution in [-0.4, -0.2) is 33.4 Å². The number of halogens is 1. The van der Waals surface area contributed by atoms with Gasteiger partial charge in [0.05, 0.1) is 13.2 Å². The van der Waals surface area contributed by atoms with Crippen molar-refractivity contribution in [1.82, 2.24) is 4.31 Å². The first-order valence-electron chi connectivity index (χ1n) is 4.60. The van der Waals surface area contributed by atoms with E-state index < -0.39 is 10.0 Å². The van der Waals surface area contributed by atoms with E-state index in [-0.39, 0.29) is 22.2 Å². The molecule has 17 heavy (non-hydrogen) atoms. The molecule has 0 bridgehead atoms. The summed E-state index contributed by atoms with van der Waals surface area (Å²) in [5, 5.41) is 8.80. The molecule has 0 saturated carbocycles. The molecule has 0 heterocycles. The topological polar surface area (TPSA) is 70.4 Å². The van der Waals surface area contributed by atoms with Crippen molar-refractivity contribution in [2.24, 2.45) is 0 Å². The van der Waals surface area contributed by atoms with Gasteiger partial charge in [-0.1, -0.05) is 11.6 Å². The minimum absolute atomic E-state index is 0.0507. The van der Waals surface area contributed by atoms with Gasteiger partial charge < -0.3 is 4.74 Å². The Kier molecular flexibility index (Phi) is 4.34. The fourth-order valence-electron chi connectivity index (χ4n) is 1.20. The first-order chi connectivity index (χ1) is 7.93. The Morgan fingerprint density at radius 3 is 2.71 bits per heavy atom. The maximum absolute atomic E-state index is 12.1. The molecule has 0 aliphatic rings. The summed E-state index contributed by atoms with van der Waals surface area (Å²) in [5.41, 5.74) is 0. The normalized spacial score (nSPS) is 11.2. The summed E-state index contributed by atoms with van der Waals surface area (Å²) in [6.45, 7) is -0.238. The van der Waals surface area contributed by atoms with E-state index in [1.54, 1.807) is 6.07 Å². The number of hydrogen-bond donors (Lipinski definition) is 0. The molecule has 7 heteroatoms. The van der Waals surface area contributed by atoms with Crippen LogP contribution in [0.25, 0.3) is 0 Å². The van der Waals surface area contributed by atoms with Gasteiger partial charge in [0.2, 0.25) is 10.0 Å². The van der Waals surface area contributed by atoms with Crippen molar-refractivity contribution in [3.63, 3.8) is 0 Å². The molecule has 0 atom stereocenters. The molecule has 0 unspecified atom stereocenters. The van der Waals surface area contributed by atoms with Crippen molar-refractivity contribution >= 4 is 21.6 Å². The van der Waals surface area contributed by atoms with Crippen LogP contribution in [0.5, 0.6) is 5.75 Å². The molecule has 0 spiro atoms. The van der Waals surface area contributed by atoms with Crippen molar-refractivity contribution in [1.29, 1.82) is 5.26 Å². The summed E-state index contributed by atoms with van der Waals surface area (Å²) in [5.74, 6) is 0.194. The van der Waals surface area contributed by atoms with Gasteiger partial charge in [0.15, 0.2) is 0 Å². The van der Waals surface area contributed by atoms with Crippen LogP contribution in [0.15, 0.2) is 23.1 Å². The SMILES string of the molecule is COc1ccc(Cl)cc1S(=O)(=O)N(C)CC#N. The molecule has 0 radical (unpaired) electrons. The second-order valence-corrected chi connectivity index (χ2v) is 5.66. The van der Waals surface area contributed by atoms with Gasteiger partial charge in [-0.25, -0.2) is 8.42 Å². The molecule has 1 aromatic carbocycles. The fourth-order valence-corrected chi connectivity index (χ4v) is 2.69. The summed E-state index contributed by atoms with van der Waals surface area (Å²) in [6, 6.07) is 6.06. The largest absolute Gasteiger partial charge is 0.495 e. The van der Waals surface area contributed by atoms with Gasteiger partial charge in [-0.3, -0.25) is 0 Å². The van der Waals surface area contributed by atoms with Gasteiger partial charge in [-0.2, -0.15) is 9.57 Å². The maximum atomic E-state index is 12.1. The lowest BCUT2D eigenvalue weighted by atomic mass is 10.3. The number of sulfonamides is 1. The summed E-state index contributed by atoms with van der Waals surface area (Å²) < 4.78 is 30.1. The number of nitrogens with zero attached hydrogens (tertiary/aromatic N) is 2. The Morgan fingerprint density at radius 1 is 1.53 bits per heavy atom. The molecular formula is C10H11ClN2O3S. The highest BCUT2D eigenvalue weighted by atomic mass is 35.5. The van der Waals surface area contributed by atoms with Crippen LogP contribution in [-0.2, 0) is 10.0 Å². The maximum Gasteiger partial charge on any atom is 0.247 e. The smallest absolute Gasteiger partial charge is 0.247 e. The fraction of sp³-hybridized carbons (Fsp3) is 0.300. The van der Waals surface area contributed by atoms with Crippen molar-refractivity contribution in [2.45, 2.75) is 4.90 Å². The van der Waals surface area contributed by atoms with Crippen LogP contribution in [0.2, 0.25) is 5.02 Å². The molecule has 0 aliphatic heterocycles. The quantitative estimate of drug-likeness (QED) is 0.780. The number of benzene rings is 1. The zero-order valence-corrected chi connectivity index (χ0v) is 10.9. The lowest BCUT2D eigenvalue weighted by Crippen LogP contribution is -2.27. The van der Waals surface area contributed by atoms with E-state index in [0.717, 1.165) is 4.31 Å². The van der Waals surface area contributed by atoms with Gasteiger partial charge in [0.1, 0.15) is 17.2 Å². The highest BCUT2D eigenvalue weighted by molar-refractivity contribution is 7.89. The van der Waals surface area contributed by atoms with E-state index in [1.807, 2.05) is 0 Å². The Morgan fingerprint density at radius 2 is 2.18 bits per heavy atom. The zero-order valence-electron chi connectivity index (χ0n) is 9.34. The van der Waals surface area contributed by atoms with E-state index in [4.69, 9.17) is 21.6 Å². The van der Waals surface area contributed by atoms with Crippen molar-refractivity contribution < 1.29 is 13.2 Å². The summed E-state index contributed by atoms with van der Waals surface area (Å²) >= 11 is 5.76. The summed E-state index contributed by atoms with van der Waals surface area (Å²) in [4.78, 5) is -0.0507. The van der Waals surface area contributed by atoms with E-state index in [9.17, 15) is 8.42 Å². The Hall–Kier alpha value is -1.29. The van der Waals surface area contributed by atoms with E-state index >= 15 is 0 Å². The van der Waals surface area contributed by atoms with Crippen molar-refractivity contribution in [3.8, 4) is 11.8 Å². The number of rotatable bonds is 4. The number of hydrogen-bond acceptors (Lipinski definition) is 4. The molecule has 1 rings (SSSR count). The minimum atomic E-state index is -3.76. The Bertz CT molecular complexity index is 551. The molecule has 1 aromatic rings. The summed E-state index contributed by atoms with van der Waals surface area (Å²) in [6.07, 6.45) is 0. The van der Waals surface area contributed by atoms with Crippen LogP contribution in [0.4, 0.5) is 0 Å². The number of ether oxygens (including phenoxy) is 1. The Labute approximate surface area is 105 Å². The van der Waals surface area contributed by atoms with Gasteiger partial charge in [-0.15, -0.1) is 0 Å². The molecule has 5 nitrogen and oxygen atoms in total. The minimum Gasteiger partial charge on any atom is -0.495 e. The van der Waals surface area contributed by atoms with Gasteiger partial charge in [0, 0.05) is 12.1 Å². The second kappa shape index (κ2) is 5.36. The lowest BCUT2D eigenvalue weighted by Gasteiger charge is -2.16. The molecule has 0 aliphatic carbocycles. The molecular weight excluding hydrogens is 264 g/mol. The monoisotopic (exact) mass is 274 g/mol. The third-order valence-corrected chi connectivity index (χ3v) is 4.17. The standard InChI is InChI=1S/C10H11ClN2O3S/c1-13(6-5-12)17(14,15)10-7-8(11)3-4-9(10)16-2/h3-4,7H,6H2,1-2H3. The molecule has 0 amide bonds. The predicted octanol–water partition coefficient (Wildman–Crippen LogP) is 1.49. The lowest BCUT2D eigenvalue weighted by molar-refractivity contribution is 0.399. The third kappa shape index (κ3) is 2.88. The first-order valence-corrected chi connectivity index (χ1v) is 6.42. The second-order valence-electron chi connectivity index (χ2n) is 3.21. The van der Waals surface area contributed by atoms with E-state index in [0.29, 0.717) is 0 Å². The molecule has 0 fully saturated rings. The van der Waals surface area contributed by atoms with Gasteiger partial charge in [-0.05, 0) is 18.2 Å². The van der Waals surface area contributed by atoms with Crippen LogP contribution in [0, 0.1) is 11.3 Å². The number of methoxy groups -OCH3 is 1. The van der Waals surface area contributed by atoms with Crippen molar-refractivity contribution in [2.75, 3.05) is 20.7 Å². The molecule has 92 valence electrons. The van der Waals surface area contributed by atoms with Crippen molar-refractivity contribution in [3.05, 3.63) is 23.2 Å². The van der Waals surface area contributed by atoms with Gasteiger partial charge >= 0.3 is 0 Å². The summed E-state index contributed by atoms with van der Waals surface area (Å²) in [7, 11) is -1.08. The van der Waals surface area contributed by atoms with Gasteiger partial charge in [0.25, 0.3) is 0 Å². The van der Waals surface area contributed by atoms with Crippen LogP contribution in [0.1, 0.15) is 0 Å². The molecule has 0 saturated heterocycles. The van der Waals surface area contributed by atoms with Crippen LogP contribution >= 0.6 is 11.6 Å². The predicted molar refractivity (Wildman–Crippen MR) is 63.4 cm³/mol. The molecule has 0 N–H and O–H groups in total. The van der Waals surface area contributed by atoms with Crippen LogP contribution in [0.3, 0.4) is 0 Å². The van der Waals surface area contributed by atoms with E-state index in [1.165, 1.54) is 32.4 Å². The highest BCUT2D eigenvalue weighted by Gasteiger charge is 2.24. The third-order valence-electron chi connectivity index (χ3n) is 2.11. The Balaban J connectivity index is 3.33. The molecule has 0 aromatic heterocycles. The average molecular weight is 275 g/mol. The average Bonchev–Trinajstić information content (AvgIpc) is 2.29.